The molecule has 2 amide bonds. The van der Waals surface area contributed by atoms with Gasteiger partial charge in [0.2, 0.25) is 0 Å². The largest absolute Gasteiger partial charge is 0.494 e. The van der Waals surface area contributed by atoms with Crippen molar-refractivity contribution in [2.75, 3.05) is 19.8 Å². The van der Waals surface area contributed by atoms with Gasteiger partial charge in [-0.25, -0.2) is 4.79 Å². The molecule has 122 valence electrons. The summed E-state index contributed by atoms with van der Waals surface area (Å²) in [5.41, 5.74) is 1.06. The Balaban J connectivity index is 1.60. The molecule has 0 atom stereocenters. The summed E-state index contributed by atoms with van der Waals surface area (Å²) in [6.45, 7) is 3.94. The van der Waals surface area contributed by atoms with Crippen LogP contribution in [0.15, 0.2) is 54.6 Å². The minimum atomic E-state index is -0.204. The number of benzene rings is 2. The highest BCUT2D eigenvalue weighted by molar-refractivity contribution is 5.73. The molecule has 5 heteroatoms. The van der Waals surface area contributed by atoms with E-state index in [9.17, 15) is 4.79 Å². The molecule has 0 aliphatic rings. The molecule has 0 radical (unpaired) electrons. The van der Waals surface area contributed by atoms with E-state index in [1.165, 1.54) is 0 Å². The summed E-state index contributed by atoms with van der Waals surface area (Å²) in [4.78, 5) is 11.6. The maximum absolute atomic E-state index is 11.6. The zero-order valence-electron chi connectivity index (χ0n) is 13.2. The normalized spacial score (nSPS) is 9.96. The van der Waals surface area contributed by atoms with E-state index in [4.69, 9.17) is 9.47 Å². The number of carbonyl (C=O) groups excluding carboxylic acids is 1. The van der Waals surface area contributed by atoms with E-state index in [1.807, 2.05) is 61.5 Å². The Morgan fingerprint density at radius 3 is 2.22 bits per heavy atom. The van der Waals surface area contributed by atoms with Crippen molar-refractivity contribution in [1.29, 1.82) is 0 Å². The van der Waals surface area contributed by atoms with Gasteiger partial charge in [0, 0.05) is 6.54 Å². The molecule has 0 aliphatic carbocycles. The van der Waals surface area contributed by atoms with Crippen LogP contribution in [0.25, 0.3) is 0 Å². The molecule has 2 aromatic carbocycles. The standard InChI is InChI=1S/C18H22N2O3/c1-2-22-16-8-10-17(11-9-16)23-13-12-19-18(21)20-14-15-6-4-3-5-7-15/h3-11H,2,12-14H2,1H3,(H2,19,20,21). The van der Waals surface area contributed by atoms with E-state index in [2.05, 4.69) is 10.6 Å². The molecule has 0 fully saturated rings. The van der Waals surface area contributed by atoms with Crippen molar-refractivity contribution in [1.82, 2.24) is 10.6 Å². The molecular weight excluding hydrogens is 292 g/mol. The number of amides is 2. The van der Waals surface area contributed by atoms with E-state index < -0.39 is 0 Å². The number of urea groups is 1. The highest BCUT2D eigenvalue weighted by atomic mass is 16.5. The first kappa shape index (κ1) is 16.7. The third-order valence-corrected chi connectivity index (χ3v) is 3.09. The fraction of sp³-hybridized carbons (Fsp3) is 0.278. The average molecular weight is 314 g/mol. The van der Waals surface area contributed by atoms with Gasteiger partial charge in [-0.2, -0.15) is 0 Å². The number of nitrogens with one attached hydrogen (secondary N) is 2. The second-order valence-electron chi connectivity index (χ2n) is 4.85. The van der Waals surface area contributed by atoms with Gasteiger partial charge in [0.25, 0.3) is 0 Å². The van der Waals surface area contributed by atoms with Crippen LogP contribution in [0.3, 0.4) is 0 Å². The lowest BCUT2D eigenvalue weighted by atomic mass is 10.2. The van der Waals surface area contributed by atoms with Crippen molar-refractivity contribution in [3.8, 4) is 11.5 Å². The highest BCUT2D eigenvalue weighted by Gasteiger charge is 2.00. The van der Waals surface area contributed by atoms with Crippen molar-refractivity contribution < 1.29 is 14.3 Å². The van der Waals surface area contributed by atoms with Crippen LogP contribution < -0.4 is 20.1 Å². The van der Waals surface area contributed by atoms with Crippen LogP contribution >= 0.6 is 0 Å². The lowest BCUT2D eigenvalue weighted by molar-refractivity contribution is 0.236. The van der Waals surface area contributed by atoms with Crippen molar-refractivity contribution in [2.24, 2.45) is 0 Å². The third-order valence-electron chi connectivity index (χ3n) is 3.09. The van der Waals surface area contributed by atoms with E-state index in [0.717, 1.165) is 17.1 Å². The second kappa shape index (κ2) is 9.35. The summed E-state index contributed by atoms with van der Waals surface area (Å²) < 4.78 is 10.9. The maximum atomic E-state index is 11.6. The Kier molecular flexibility index (Phi) is 6.78. The van der Waals surface area contributed by atoms with Crippen LogP contribution in [0.4, 0.5) is 4.79 Å². The van der Waals surface area contributed by atoms with Crippen molar-refractivity contribution in [3.05, 3.63) is 60.2 Å². The molecule has 0 bridgehead atoms. The zero-order valence-corrected chi connectivity index (χ0v) is 13.2. The summed E-state index contributed by atoms with van der Waals surface area (Å²) in [5, 5.41) is 5.55. The molecule has 2 N–H and O–H groups in total. The minimum absolute atomic E-state index is 0.204. The average Bonchev–Trinajstić information content (AvgIpc) is 2.59. The van der Waals surface area contributed by atoms with Gasteiger partial charge in [0.05, 0.1) is 13.2 Å². The van der Waals surface area contributed by atoms with Crippen molar-refractivity contribution in [2.45, 2.75) is 13.5 Å². The quantitative estimate of drug-likeness (QED) is 0.737. The highest BCUT2D eigenvalue weighted by Crippen LogP contribution is 2.17. The molecule has 2 aromatic rings. The van der Waals surface area contributed by atoms with Crippen LogP contribution in [-0.2, 0) is 6.54 Å². The lowest BCUT2D eigenvalue weighted by Gasteiger charge is -2.10. The minimum Gasteiger partial charge on any atom is -0.494 e. The van der Waals surface area contributed by atoms with Crippen LogP contribution in [0.5, 0.6) is 11.5 Å². The number of rotatable bonds is 8. The van der Waals surface area contributed by atoms with Crippen molar-refractivity contribution >= 4 is 6.03 Å². The van der Waals surface area contributed by atoms with E-state index in [0.29, 0.717) is 26.3 Å². The molecule has 0 aromatic heterocycles. The monoisotopic (exact) mass is 314 g/mol. The predicted molar refractivity (Wildman–Crippen MR) is 89.8 cm³/mol. The molecule has 0 saturated heterocycles. The summed E-state index contributed by atoms with van der Waals surface area (Å²) in [6, 6.07) is 17.0. The Morgan fingerprint density at radius 1 is 0.913 bits per heavy atom. The molecular formula is C18H22N2O3. The molecule has 0 unspecified atom stereocenters. The smallest absolute Gasteiger partial charge is 0.315 e. The molecule has 0 saturated carbocycles. The fourth-order valence-electron chi connectivity index (χ4n) is 1.97. The Hall–Kier alpha value is -2.69. The van der Waals surface area contributed by atoms with E-state index in [-0.39, 0.29) is 6.03 Å². The molecule has 5 nitrogen and oxygen atoms in total. The summed E-state index contributed by atoms with van der Waals surface area (Å²) in [6.07, 6.45) is 0. The first-order valence-corrected chi connectivity index (χ1v) is 7.69. The topological polar surface area (TPSA) is 59.6 Å². The summed E-state index contributed by atoms with van der Waals surface area (Å²) in [7, 11) is 0. The third kappa shape index (κ3) is 6.30. The van der Waals surface area contributed by atoms with Crippen molar-refractivity contribution in [3.63, 3.8) is 0 Å². The second-order valence-corrected chi connectivity index (χ2v) is 4.85. The van der Waals surface area contributed by atoms with Gasteiger partial charge < -0.3 is 20.1 Å². The number of hydrogen-bond acceptors (Lipinski definition) is 3. The maximum Gasteiger partial charge on any atom is 0.315 e. The molecule has 2 rings (SSSR count). The SMILES string of the molecule is CCOc1ccc(OCCNC(=O)NCc2ccccc2)cc1. The Labute approximate surface area is 136 Å². The lowest BCUT2D eigenvalue weighted by Crippen LogP contribution is -2.37. The molecule has 23 heavy (non-hydrogen) atoms. The van der Waals surface area contributed by atoms with Gasteiger partial charge in [-0.15, -0.1) is 0 Å². The van der Waals surface area contributed by atoms with Crippen LogP contribution in [0.1, 0.15) is 12.5 Å². The molecule has 0 heterocycles. The van der Waals surface area contributed by atoms with Gasteiger partial charge >= 0.3 is 6.03 Å². The number of ether oxygens (including phenoxy) is 2. The van der Waals surface area contributed by atoms with Gasteiger partial charge in [-0.1, -0.05) is 30.3 Å². The number of carbonyl (C=O) groups is 1. The number of hydrogen-bond donors (Lipinski definition) is 2. The van der Waals surface area contributed by atoms with Crippen LogP contribution in [-0.4, -0.2) is 25.8 Å². The Morgan fingerprint density at radius 2 is 1.57 bits per heavy atom. The molecule has 0 aliphatic heterocycles. The van der Waals surface area contributed by atoms with E-state index in [1.54, 1.807) is 0 Å². The summed E-state index contributed by atoms with van der Waals surface area (Å²) >= 11 is 0. The van der Waals surface area contributed by atoms with Gasteiger partial charge in [0.1, 0.15) is 18.1 Å². The Bertz CT molecular complexity index is 585. The molecule has 0 spiro atoms. The zero-order chi connectivity index (χ0) is 16.3. The predicted octanol–water partition coefficient (Wildman–Crippen LogP) is 2.96. The first-order valence-electron chi connectivity index (χ1n) is 7.69. The van der Waals surface area contributed by atoms with Gasteiger partial charge in [-0.05, 0) is 36.8 Å². The first-order chi connectivity index (χ1) is 11.3. The van der Waals surface area contributed by atoms with Gasteiger partial charge in [0.15, 0.2) is 0 Å². The summed E-state index contributed by atoms with van der Waals surface area (Å²) in [5.74, 6) is 1.57. The van der Waals surface area contributed by atoms with E-state index >= 15 is 0 Å². The fourth-order valence-corrected chi connectivity index (χ4v) is 1.97. The van der Waals surface area contributed by atoms with Crippen LogP contribution in [0, 0.1) is 0 Å². The van der Waals surface area contributed by atoms with Crippen LogP contribution in [0.2, 0.25) is 0 Å². The van der Waals surface area contributed by atoms with Gasteiger partial charge in [-0.3, -0.25) is 0 Å².